The lowest BCUT2D eigenvalue weighted by Crippen LogP contribution is -2.43. The van der Waals surface area contributed by atoms with E-state index in [0.717, 1.165) is 0 Å². The molecule has 136 valence electrons. The lowest BCUT2D eigenvalue weighted by molar-refractivity contribution is -0.137. The number of nitrogens with two attached hydrogens (primary N) is 1. The van der Waals surface area contributed by atoms with Crippen molar-refractivity contribution < 1.29 is 23.8 Å². The summed E-state index contributed by atoms with van der Waals surface area (Å²) in [6.07, 6.45) is 1.43. The van der Waals surface area contributed by atoms with E-state index in [4.69, 9.17) is 19.9 Å². The van der Waals surface area contributed by atoms with Crippen LogP contribution in [-0.4, -0.2) is 62.6 Å². The summed E-state index contributed by atoms with van der Waals surface area (Å²) in [5.41, 5.74) is 7.73. The van der Waals surface area contributed by atoms with Crippen molar-refractivity contribution in [3.8, 4) is 11.5 Å². The smallest absolute Gasteiger partial charge is 0.332 e. The SMILES string of the molecule is CCOc1cc(/C=N\NC(N)=O)ccc1OCC(=O)N1CCOCC1. The van der Waals surface area contributed by atoms with Gasteiger partial charge in [0.15, 0.2) is 18.1 Å². The third-order valence-corrected chi connectivity index (χ3v) is 3.37. The molecule has 0 unspecified atom stereocenters. The van der Waals surface area contributed by atoms with Crippen LogP contribution in [0, 0.1) is 0 Å². The fourth-order valence-electron chi connectivity index (χ4n) is 2.21. The second-order valence-electron chi connectivity index (χ2n) is 5.16. The molecule has 1 aromatic rings. The van der Waals surface area contributed by atoms with Gasteiger partial charge in [-0.25, -0.2) is 10.2 Å². The third-order valence-electron chi connectivity index (χ3n) is 3.37. The molecule has 0 aliphatic carbocycles. The van der Waals surface area contributed by atoms with Crippen molar-refractivity contribution in [2.75, 3.05) is 39.5 Å². The van der Waals surface area contributed by atoms with Gasteiger partial charge in [-0.1, -0.05) is 0 Å². The summed E-state index contributed by atoms with van der Waals surface area (Å²) in [6, 6.07) is 4.36. The Labute approximate surface area is 145 Å². The van der Waals surface area contributed by atoms with Crippen molar-refractivity contribution >= 4 is 18.2 Å². The third kappa shape index (κ3) is 5.96. The van der Waals surface area contributed by atoms with E-state index in [0.29, 0.717) is 50.0 Å². The highest BCUT2D eigenvalue weighted by Crippen LogP contribution is 2.28. The maximum atomic E-state index is 12.1. The van der Waals surface area contributed by atoms with Crippen LogP contribution in [0.5, 0.6) is 11.5 Å². The molecule has 3 amide bonds. The lowest BCUT2D eigenvalue weighted by Gasteiger charge is -2.26. The van der Waals surface area contributed by atoms with Gasteiger partial charge in [-0.05, 0) is 30.7 Å². The van der Waals surface area contributed by atoms with Crippen LogP contribution < -0.4 is 20.6 Å². The van der Waals surface area contributed by atoms with Gasteiger partial charge in [0.25, 0.3) is 5.91 Å². The van der Waals surface area contributed by atoms with Crippen LogP contribution in [-0.2, 0) is 9.53 Å². The zero-order valence-corrected chi connectivity index (χ0v) is 14.1. The van der Waals surface area contributed by atoms with E-state index in [2.05, 4.69) is 10.5 Å². The van der Waals surface area contributed by atoms with Crippen LogP contribution in [0.2, 0.25) is 0 Å². The number of carbonyl (C=O) groups is 2. The molecule has 1 aromatic carbocycles. The van der Waals surface area contributed by atoms with E-state index in [1.165, 1.54) is 6.21 Å². The first-order chi connectivity index (χ1) is 12.1. The van der Waals surface area contributed by atoms with Gasteiger partial charge in [0, 0.05) is 13.1 Å². The minimum Gasteiger partial charge on any atom is -0.490 e. The van der Waals surface area contributed by atoms with Crippen LogP contribution in [0.3, 0.4) is 0 Å². The monoisotopic (exact) mass is 350 g/mol. The van der Waals surface area contributed by atoms with Crippen LogP contribution in [0.4, 0.5) is 4.79 Å². The molecule has 1 heterocycles. The maximum Gasteiger partial charge on any atom is 0.332 e. The van der Waals surface area contributed by atoms with E-state index in [1.54, 1.807) is 23.1 Å². The number of morpholine rings is 1. The molecule has 0 saturated carbocycles. The number of primary amides is 1. The second-order valence-corrected chi connectivity index (χ2v) is 5.16. The summed E-state index contributed by atoms with van der Waals surface area (Å²) in [6.45, 7) is 4.45. The van der Waals surface area contributed by atoms with E-state index in [1.807, 2.05) is 6.92 Å². The number of rotatable bonds is 7. The topological polar surface area (TPSA) is 115 Å². The first-order valence-corrected chi connectivity index (χ1v) is 7.94. The van der Waals surface area contributed by atoms with E-state index < -0.39 is 6.03 Å². The van der Waals surface area contributed by atoms with Gasteiger partial charge in [-0.2, -0.15) is 5.10 Å². The van der Waals surface area contributed by atoms with Crippen molar-refractivity contribution in [2.45, 2.75) is 6.92 Å². The standard InChI is InChI=1S/C16H22N4O5/c1-2-24-14-9-12(10-18-19-16(17)22)3-4-13(14)25-11-15(21)20-5-7-23-8-6-20/h3-4,9-10H,2,5-8,11H2,1H3,(H3,17,19,22)/b18-10-. The Morgan fingerprint density at radius 3 is 2.76 bits per heavy atom. The molecule has 1 fully saturated rings. The Hall–Kier alpha value is -2.81. The summed E-state index contributed by atoms with van der Waals surface area (Å²) >= 11 is 0. The number of carbonyl (C=O) groups excluding carboxylic acids is 2. The summed E-state index contributed by atoms with van der Waals surface area (Å²) in [4.78, 5) is 24.5. The van der Waals surface area contributed by atoms with Gasteiger partial charge in [-0.3, -0.25) is 4.79 Å². The second kappa shape index (κ2) is 9.48. The molecule has 1 aliphatic rings. The molecule has 9 heteroatoms. The molecule has 0 spiro atoms. The van der Waals surface area contributed by atoms with Crippen molar-refractivity contribution in [1.29, 1.82) is 0 Å². The molecule has 0 bridgehead atoms. The predicted molar refractivity (Wildman–Crippen MR) is 90.8 cm³/mol. The Morgan fingerprint density at radius 2 is 2.08 bits per heavy atom. The molecule has 1 saturated heterocycles. The number of hydrogen-bond acceptors (Lipinski definition) is 6. The van der Waals surface area contributed by atoms with E-state index in [9.17, 15) is 9.59 Å². The van der Waals surface area contributed by atoms with Crippen LogP contribution in [0.1, 0.15) is 12.5 Å². The average Bonchev–Trinajstić information content (AvgIpc) is 2.61. The fraction of sp³-hybridized carbons (Fsp3) is 0.438. The number of hydrogen-bond donors (Lipinski definition) is 2. The van der Waals surface area contributed by atoms with Crippen LogP contribution in [0.25, 0.3) is 0 Å². The quantitative estimate of drug-likeness (QED) is 0.543. The van der Waals surface area contributed by atoms with Gasteiger partial charge in [0.2, 0.25) is 0 Å². The van der Waals surface area contributed by atoms with E-state index in [-0.39, 0.29) is 12.5 Å². The summed E-state index contributed by atoms with van der Waals surface area (Å²) in [7, 11) is 0. The van der Waals surface area contributed by atoms with Gasteiger partial charge in [0.1, 0.15) is 0 Å². The lowest BCUT2D eigenvalue weighted by atomic mass is 10.2. The normalized spacial score (nSPS) is 14.4. The summed E-state index contributed by atoms with van der Waals surface area (Å²) in [5, 5.41) is 3.69. The molecule has 9 nitrogen and oxygen atoms in total. The number of amides is 3. The Balaban J connectivity index is 1.99. The van der Waals surface area contributed by atoms with Crippen molar-refractivity contribution in [3.63, 3.8) is 0 Å². The number of hydrazone groups is 1. The van der Waals surface area contributed by atoms with Crippen molar-refractivity contribution in [3.05, 3.63) is 23.8 Å². The molecular formula is C16H22N4O5. The largest absolute Gasteiger partial charge is 0.490 e. The highest BCUT2D eigenvalue weighted by Gasteiger charge is 2.18. The highest BCUT2D eigenvalue weighted by atomic mass is 16.5. The van der Waals surface area contributed by atoms with Gasteiger partial charge >= 0.3 is 6.03 Å². The molecule has 2 rings (SSSR count). The molecule has 0 radical (unpaired) electrons. The molecule has 0 aromatic heterocycles. The van der Waals surface area contributed by atoms with Gasteiger partial charge < -0.3 is 24.8 Å². The molecule has 3 N–H and O–H groups in total. The number of urea groups is 1. The van der Waals surface area contributed by atoms with Gasteiger partial charge in [0.05, 0.1) is 26.0 Å². The molecular weight excluding hydrogens is 328 g/mol. The molecule has 25 heavy (non-hydrogen) atoms. The average molecular weight is 350 g/mol. The number of nitrogens with one attached hydrogen (secondary N) is 1. The molecule has 1 aliphatic heterocycles. The number of benzene rings is 1. The molecule has 0 atom stereocenters. The maximum absolute atomic E-state index is 12.1. The zero-order chi connectivity index (χ0) is 18.1. The predicted octanol–water partition coefficient (Wildman–Crippen LogP) is 0.325. The minimum atomic E-state index is -0.747. The number of nitrogens with zero attached hydrogens (tertiary/aromatic N) is 2. The fourth-order valence-corrected chi connectivity index (χ4v) is 2.21. The summed E-state index contributed by atoms with van der Waals surface area (Å²) in [5.74, 6) is 0.853. The number of ether oxygens (including phenoxy) is 3. The minimum absolute atomic E-state index is 0.0727. The van der Waals surface area contributed by atoms with Crippen LogP contribution in [0.15, 0.2) is 23.3 Å². The van der Waals surface area contributed by atoms with Gasteiger partial charge in [-0.15, -0.1) is 0 Å². The Kier molecular flexibility index (Phi) is 7.02. The van der Waals surface area contributed by atoms with Crippen molar-refractivity contribution in [2.24, 2.45) is 10.8 Å². The van der Waals surface area contributed by atoms with Crippen LogP contribution >= 0.6 is 0 Å². The van der Waals surface area contributed by atoms with E-state index >= 15 is 0 Å². The summed E-state index contributed by atoms with van der Waals surface area (Å²) < 4.78 is 16.4. The Morgan fingerprint density at radius 1 is 1.32 bits per heavy atom. The first-order valence-electron chi connectivity index (χ1n) is 7.94. The van der Waals surface area contributed by atoms with Crippen molar-refractivity contribution in [1.82, 2.24) is 10.3 Å². The highest BCUT2D eigenvalue weighted by molar-refractivity contribution is 5.82. The Bertz CT molecular complexity index is 629. The zero-order valence-electron chi connectivity index (χ0n) is 14.1. The first kappa shape index (κ1) is 18.5.